The largest absolute Gasteiger partial charge is 0.342 e. The third-order valence-electron chi connectivity index (χ3n) is 4.86. The monoisotopic (exact) mass is 276 g/mol. The fourth-order valence-electron chi connectivity index (χ4n) is 3.83. The summed E-state index contributed by atoms with van der Waals surface area (Å²) in [6.45, 7) is 5.57. The van der Waals surface area contributed by atoms with Gasteiger partial charge in [0.05, 0.1) is 5.69 Å². The van der Waals surface area contributed by atoms with Crippen LogP contribution in [-0.2, 0) is 0 Å². The SMILES string of the molecule is CNCC1CCN(c2nc(C)cn2C2CCCCC2)C1. The van der Waals surface area contributed by atoms with Crippen molar-refractivity contribution in [2.24, 2.45) is 5.92 Å². The summed E-state index contributed by atoms with van der Waals surface area (Å²) >= 11 is 0. The molecule has 4 heteroatoms. The summed E-state index contributed by atoms with van der Waals surface area (Å²) in [7, 11) is 2.05. The van der Waals surface area contributed by atoms with E-state index in [1.165, 1.54) is 50.2 Å². The highest BCUT2D eigenvalue weighted by Crippen LogP contribution is 2.33. The molecule has 1 aromatic heterocycles. The summed E-state index contributed by atoms with van der Waals surface area (Å²) in [6.07, 6.45) is 10.4. The zero-order valence-corrected chi connectivity index (χ0v) is 12.9. The Labute approximate surface area is 122 Å². The molecule has 20 heavy (non-hydrogen) atoms. The van der Waals surface area contributed by atoms with E-state index in [1.54, 1.807) is 0 Å². The van der Waals surface area contributed by atoms with Crippen LogP contribution in [0, 0.1) is 12.8 Å². The molecule has 2 fully saturated rings. The van der Waals surface area contributed by atoms with E-state index >= 15 is 0 Å². The summed E-state index contributed by atoms with van der Waals surface area (Å²) in [5, 5.41) is 3.31. The quantitative estimate of drug-likeness (QED) is 0.918. The molecule has 1 aromatic rings. The van der Waals surface area contributed by atoms with Crippen LogP contribution >= 0.6 is 0 Å². The predicted molar refractivity (Wildman–Crippen MR) is 83.3 cm³/mol. The summed E-state index contributed by atoms with van der Waals surface area (Å²) in [6, 6.07) is 0.684. The number of nitrogens with zero attached hydrogens (tertiary/aromatic N) is 3. The van der Waals surface area contributed by atoms with E-state index < -0.39 is 0 Å². The van der Waals surface area contributed by atoms with Crippen LogP contribution in [0.15, 0.2) is 6.20 Å². The second kappa shape index (κ2) is 6.17. The fourth-order valence-corrected chi connectivity index (χ4v) is 3.83. The van der Waals surface area contributed by atoms with Gasteiger partial charge in [0.2, 0.25) is 5.95 Å². The predicted octanol–water partition coefficient (Wildman–Crippen LogP) is 2.74. The van der Waals surface area contributed by atoms with Crippen molar-refractivity contribution in [1.29, 1.82) is 0 Å². The second-order valence-corrected chi connectivity index (χ2v) is 6.54. The van der Waals surface area contributed by atoms with Crippen molar-refractivity contribution in [3.05, 3.63) is 11.9 Å². The minimum atomic E-state index is 0.684. The van der Waals surface area contributed by atoms with Gasteiger partial charge in [0.1, 0.15) is 0 Å². The molecule has 0 amide bonds. The van der Waals surface area contributed by atoms with Crippen molar-refractivity contribution < 1.29 is 0 Å². The Hall–Kier alpha value is -1.03. The first-order valence-electron chi connectivity index (χ1n) is 8.23. The second-order valence-electron chi connectivity index (χ2n) is 6.54. The molecule has 112 valence electrons. The van der Waals surface area contributed by atoms with E-state index in [1.807, 2.05) is 0 Å². The van der Waals surface area contributed by atoms with E-state index in [9.17, 15) is 0 Å². The van der Waals surface area contributed by atoms with Gasteiger partial charge in [-0.05, 0) is 45.7 Å². The Balaban J connectivity index is 1.76. The third-order valence-corrected chi connectivity index (χ3v) is 4.86. The molecule has 0 aromatic carbocycles. The number of imidazole rings is 1. The van der Waals surface area contributed by atoms with Crippen LogP contribution in [0.1, 0.15) is 50.3 Å². The molecule has 1 atom stereocenters. The molecule has 4 nitrogen and oxygen atoms in total. The molecular formula is C16H28N4. The summed E-state index contributed by atoms with van der Waals surface area (Å²) < 4.78 is 2.48. The molecule has 1 aliphatic carbocycles. The van der Waals surface area contributed by atoms with Gasteiger partial charge < -0.3 is 14.8 Å². The average Bonchev–Trinajstić information content (AvgIpc) is 3.07. The van der Waals surface area contributed by atoms with E-state index in [-0.39, 0.29) is 0 Å². The fraction of sp³-hybridized carbons (Fsp3) is 0.812. The van der Waals surface area contributed by atoms with Gasteiger partial charge in [-0.15, -0.1) is 0 Å². The molecule has 0 radical (unpaired) electrons. The Morgan fingerprint density at radius 3 is 2.80 bits per heavy atom. The van der Waals surface area contributed by atoms with Crippen LogP contribution in [0.5, 0.6) is 0 Å². The number of aromatic nitrogens is 2. The molecule has 1 saturated carbocycles. The van der Waals surface area contributed by atoms with Crippen molar-refractivity contribution in [1.82, 2.24) is 14.9 Å². The summed E-state index contributed by atoms with van der Waals surface area (Å²) in [5.41, 5.74) is 1.17. The van der Waals surface area contributed by atoms with Crippen molar-refractivity contribution in [2.45, 2.75) is 51.5 Å². The summed E-state index contributed by atoms with van der Waals surface area (Å²) in [4.78, 5) is 7.33. The first kappa shape index (κ1) is 13.9. The molecule has 0 spiro atoms. The van der Waals surface area contributed by atoms with Crippen molar-refractivity contribution in [3.63, 3.8) is 0 Å². The van der Waals surface area contributed by atoms with Gasteiger partial charge in [-0.3, -0.25) is 0 Å². The maximum absolute atomic E-state index is 4.83. The van der Waals surface area contributed by atoms with E-state index in [0.29, 0.717) is 6.04 Å². The van der Waals surface area contributed by atoms with Crippen LogP contribution in [-0.4, -0.2) is 36.2 Å². The lowest BCUT2D eigenvalue weighted by molar-refractivity contribution is 0.353. The van der Waals surface area contributed by atoms with E-state index in [4.69, 9.17) is 4.98 Å². The Kier molecular flexibility index (Phi) is 4.29. The molecule has 1 unspecified atom stereocenters. The number of nitrogens with one attached hydrogen (secondary N) is 1. The zero-order valence-electron chi connectivity index (χ0n) is 12.9. The van der Waals surface area contributed by atoms with Gasteiger partial charge in [-0.25, -0.2) is 4.98 Å². The van der Waals surface area contributed by atoms with E-state index in [0.717, 1.165) is 25.6 Å². The molecule has 2 aliphatic rings. The lowest BCUT2D eigenvalue weighted by Gasteiger charge is -2.27. The number of hydrogen-bond acceptors (Lipinski definition) is 3. The average molecular weight is 276 g/mol. The van der Waals surface area contributed by atoms with Gasteiger partial charge in [-0.2, -0.15) is 0 Å². The Morgan fingerprint density at radius 1 is 1.25 bits per heavy atom. The highest BCUT2D eigenvalue weighted by molar-refractivity contribution is 5.36. The first-order chi connectivity index (χ1) is 9.78. The van der Waals surface area contributed by atoms with Crippen LogP contribution < -0.4 is 10.2 Å². The maximum atomic E-state index is 4.83. The highest BCUT2D eigenvalue weighted by atomic mass is 15.3. The normalized spacial score (nSPS) is 24.5. The summed E-state index contributed by atoms with van der Waals surface area (Å²) in [5.74, 6) is 2.00. The lowest BCUT2D eigenvalue weighted by atomic mass is 9.95. The van der Waals surface area contributed by atoms with Gasteiger partial charge in [-0.1, -0.05) is 19.3 Å². The minimum Gasteiger partial charge on any atom is -0.342 e. The number of anilines is 1. The Morgan fingerprint density at radius 2 is 2.05 bits per heavy atom. The van der Waals surface area contributed by atoms with Crippen LogP contribution in [0.3, 0.4) is 0 Å². The minimum absolute atomic E-state index is 0.684. The molecule has 3 rings (SSSR count). The van der Waals surface area contributed by atoms with Crippen LogP contribution in [0.25, 0.3) is 0 Å². The number of aryl methyl sites for hydroxylation is 1. The first-order valence-corrected chi connectivity index (χ1v) is 8.23. The van der Waals surface area contributed by atoms with Gasteiger partial charge >= 0.3 is 0 Å². The number of hydrogen-bond donors (Lipinski definition) is 1. The van der Waals surface area contributed by atoms with E-state index in [2.05, 4.69) is 35.0 Å². The molecular weight excluding hydrogens is 248 g/mol. The van der Waals surface area contributed by atoms with Gasteiger partial charge in [0, 0.05) is 25.3 Å². The van der Waals surface area contributed by atoms with Crippen LogP contribution in [0.2, 0.25) is 0 Å². The van der Waals surface area contributed by atoms with Crippen molar-refractivity contribution in [2.75, 3.05) is 31.6 Å². The topological polar surface area (TPSA) is 33.1 Å². The molecule has 0 bridgehead atoms. The Bertz CT molecular complexity index is 434. The van der Waals surface area contributed by atoms with Gasteiger partial charge in [0.15, 0.2) is 0 Å². The highest BCUT2D eigenvalue weighted by Gasteiger charge is 2.27. The standard InChI is InChI=1S/C16H28N4/c1-13-11-20(15-6-4-3-5-7-15)16(18-13)19-9-8-14(12-19)10-17-2/h11,14-15,17H,3-10,12H2,1-2H3. The number of rotatable bonds is 4. The molecule has 1 N–H and O–H groups in total. The van der Waals surface area contributed by atoms with Crippen LogP contribution in [0.4, 0.5) is 5.95 Å². The zero-order chi connectivity index (χ0) is 13.9. The smallest absolute Gasteiger partial charge is 0.205 e. The maximum Gasteiger partial charge on any atom is 0.205 e. The third kappa shape index (κ3) is 2.85. The molecule has 1 saturated heterocycles. The van der Waals surface area contributed by atoms with Crippen molar-refractivity contribution >= 4 is 5.95 Å². The van der Waals surface area contributed by atoms with Gasteiger partial charge in [0.25, 0.3) is 0 Å². The molecule has 2 heterocycles. The lowest BCUT2D eigenvalue weighted by Crippen LogP contribution is -2.27. The van der Waals surface area contributed by atoms with Crippen molar-refractivity contribution in [3.8, 4) is 0 Å². The molecule has 1 aliphatic heterocycles.